The summed E-state index contributed by atoms with van der Waals surface area (Å²) in [5.74, 6) is -0.130. The van der Waals surface area contributed by atoms with Crippen molar-refractivity contribution in [1.82, 2.24) is 9.88 Å². The van der Waals surface area contributed by atoms with Gasteiger partial charge in [-0.05, 0) is 25.8 Å². The molecule has 0 spiro atoms. The molecule has 0 unspecified atom stereocenters. The summed E-state index contributed by atoms with van der Waals surface area (Å²) in [5.41, 5.74) is -0.275. The number of carbonyl (C=O) groups excluding carboxylic acids is 1. The molecule has 1 amide bonds. The molecule has 94 valence electrons. The van der Waals surface area contributed by atoms with Crippen molar-refractivity contribution in [2.75, 3.05) is 13.1 Å². The van der Waals surface area contributed by atoms with Crippen LogP contribution in [-0.2, 0) is 0 Å². The molecular weight excluding hydrogens is 263 g/mol. The first-order valence-electron chi connectivity index (χ1n) is 5.45. The molecule has 2 rings (SSSR count). The lowest BCUT2D eigenvalue weighted by atomic mass is 9.94. The van der Waals surface area contributed by atoms with E-state index < -0.39 is 5.60 Å². The topological polar surface area (TPSA) is 56.3 Å². The number of H-pyrrole nitrogens is 1. The predicted octanol–water partition coefficient (Wildman–Crippen LogP) is 2.31. The number of likely N-dealkylation sites (tertiary alicyclic amines) is 1. The van der Waals surface area contributed by atoms with Gasteiger partial charge in [0.1, 0.15) is 10.8 Å². The Kier molecular flexibility index (Phi) is 3.39. The number of carbonyl (C=O) groups is 1. The van der Waals surface area contributed by atoms with Crippen LogP contribution in [-0.4, -0.2) is 39.6 Å². The Morgan fingerprint density at radius 1 is 1.47 bits per heavy atom. The van der Waals surface area contributed by atoms with E-state index in [9.17, 15) is 9.90 Å². The van der Waals surface area contributed by atoms with Crippen molar-refractivity contribution in [2.24, 2.45) is 0 Å². The van der Waals surface area contributed by atoms with Crippen molar-refractivity contribution < 1.29 is 9.90 Å². The van der Waals surface area contributed by atoms with Gasteiger partial charge in [0.2, 0.25) is 0 Å². The summed E-state index contributed by atoms with van der Waals surface area (Å²) in [5, 5.41) is 10.4. The van der Waals surface area contributed by atoms with Gasteiger partial charge in [-0.1, -0.05) is 23.2 Å². The lowest BCUT2D eigenvalue weighted by Gasteiger charge is -2.35. The van der Waals surface area contributed by atoms with Crippen molar-refractivity contribution in [1.29, 1.82) is 0 Å². The lowest BCUT2D eigenvalue weighted by molar-refractivity contribution is -0.00217. The van der Waals surface area contributed by atoms with E-state index >= 15 is 0 Å². The highest BCUT2D eigenvalue weighted by atomic mass is 35.5. The summed E-state index contributed by atoms with van der Waals surface area (Å²) in [6.45, 7) is 2.87. The zero-order valence-corrected chi connectivity index (χ0v) is 11.0. The van der Waals surface area contributed by atoms with Crippen LogP contribution in [0.25, 0.3) is 0 Å². The predicted molar refractivity (Wildman–Crippen MR) is 66.6 cm³/mol. The van der Waals surface area contributed by atoms with Crippen LogP contribution in [0.4, 0.5) is 0 Å². The van der Waals surface area contributed by atoms with Crippen LogP contribution < -0.4 is 0 Å². The Labute approximate surface area is 110 Å². The second-order valence-corrected chi connectivity index (χ2v) is 5.42. The molecule has 0 radical (unpaired) electrons. The number of rotatable bonds is 1. The Morgan fingerprint density at radius 2 is 2.06 bits per heavy atom. The molecule has 0 bridgehead atoms. The minimum Gasteiger partial charge on any atom is -0.390 e. The van der Waals surface area contributed by atoms with Crippen molar-refractivity contribution in [3.63, 3.8) is 0 Å². The van der Waals surface area contributed by atoms with Crippen LogP contribution in [0.2, 0.25) is 10.2 Å². The molecule has 2 heterocycles. The van der Waals surface area contributed by atoms with E-state index in [-0.39, 0.29) is 11.1 Å². The number of aromatic nitrogens is 1. The number of piperidine rings is 1. The molecule has 0 aromatic carbocycles. The van der Waals surface area contributed by atoms with Gasteiger partial charge in [0, 0.05) is 13.1 Å². The van der Waals surface area contributed by atoms with E-state index in [1.807, 2.05) is 0 Å². The van der Waals surface area contributed by atoms with Gasteiger partial charge in [-0.2, -0.15) is 0 Å². The van der Waals surface area contributed by atoms with Gasteiger partial charge in [0.25, 0.3) is 5.91 Å². The number of aliphatic hydroxyl groups is 1. The van der Waals surface area contributed by atoms with Gasteiger partial charge in [0.15, 0.2) is 0 Å². The molecule has 0 saturated carbocycles. The van der Waals surface area contributed by atoms with Crippen molar-refractivity contribution in [2.45, 2.75) is 25.4 Å². The monoisotopic (exact) mass is 276 g/mol. The first-order valence-corrected chi connectivity index (χ1v) is 6.20. The van der Waals surface area contributed by atoms with E-state index in [4.69, 9.17) is 23.2 Å². The third kappa shape index (κ3) is 2.76. The van der Waals surface area contributed by atoms with Gasteiger partial charge < -0.3 is 15.0 Å². The molecule has 6 heteroatoms. The normalized spacial score (nSPS) is 19.4. The van der Waals surface area contributed by atoms with Gasteiger partial charge in [-0.15, -0.1) is 0 Å². The minimum atomic E-state index is -0.665. The fraction of sp³-hybridized carbons (Fsp3) is 0.545. The van der Waals surface area contributed by atoms with E-state index in [1.165, 1.54) is 6.07 Å². The maximum absolute atomic E-state index is 12.1. The molecule has 0 atom stereocenters. The maximum Gasteiger partial charge on any atom is 0.270 e. The first-order chi connectivity index (χ1) is 7.89. The summed E-state index contributed by atoms with van der Waals surface area (Å²) < 4.78 is 0. The van der Waals surface area contributed by atoms with E-state index in [0.29, 0.717) is 36.6 Å². The molecule has 2 N–H and O–H groups in total. The highest BCUT2D eigenvalue weighted by Gasteiger charge is 2.30. The summed E-state index contributed by atoms with van der Waals surface area (Å²) in [4.78, 5) is 16.5. The minimum absolute atomic E-state index is 0.130. The standard InChI is InChI=1S/C11H14Cl2N2O2/c1-11(17)2-4-15(5-3-11)10(16)8-6-7(12)9(13)14-8/h6,14,17H,2-5H2,1H3. The van der Waals surface area contributed by atoms with Gasteiger partial charge in [-0.25, -0.2) is 0 Å². The molecule has 4 nitrogen and oxygen atoms in total. The van der Waals surface area contributed by atoms with E-state index in [0.717, 1.165) is 0 Å². The average molecular weight is 277 g/mol. The van der Waals surface area contributed by atoms with Crippen LogP contribution in [0.3, 0.4) is 0 Å². The van der Waals surface area contributed by atoms with Crippen molar-refractivity contribution in [3.8, 4) is 0 Å². The Balaban J connectivity index is 2.07. The molecule has 1 fully saturated rings. The molecule has 1 aromatic heterocycles. The summed E-state index contributed by atoms with van der Waals surface area (Å²) >= 11 is 11.5. The fourth-order valence-corrected chi connectivity index (χ4v) is 2.19. The molecule has 17 heavy (non-hydrogen) atoms. The zero-order chi connectivity index (χ0) is 12.6. The zero-order valence-electron chi connectivity index (χ0n) is 9.46. The number of hydrogen-bond acceptors (Lipinski definition) is 2. The second-order valence-electron chi connectivity index (χ2n) is 4.63. The molecular formula is C11H14Cl2N2O2. The van der Waals surface area contributed by atoms with Gasteiger partial charge in [-0.3, -0.25) is 4.79 Å². The SMILES string of the molecule is CC1(O)CCN(C(=O)c2cc(Cl)c(Cl)[nH]2)CC1. The molecule has 1 saturated heterocycles. The number of nitrogens with one attached hydrogen (secondary N) is 1. The maximum atomic E-state index is 12.1. The summed E-state index contributed by atoms with van der Waals surface area (Å²) in [6, 6.07) is 1.53. The van der Waals surface area contributed by atoms with Crippen molar-refractivity contribution in [3.05, 3.63) is 21.9 Å². The number of aromatic amines is 1. The van der Waals surface area contributed by atoms with Crippen LogP contribution in [0.1, 0.15) is 30.3 Å². The molecule has 1 aliphatic rings. The second kappa shape index (κ2) is 4.52. The van der Waals surface area contributed by atoms with Crippen LogP contribution in [0.5, 0.6) is 0 Å². The van der Waals surface area contributed by atoms with Crippen LogP contribution in [0.15, 0.2) is 6.07 Å². The fourth-order valence-electron chi connectivity index (χ4n) is 1.88. The smallest absolute Gasteiger partial charge is 0.270 e. The summed E-state index contributed by atoms with van der Waals surface area (Å²) in [6.07, 6.45) is 1.17. The van der Waals surface area contributed by atoms with Crippen LogP contribution >= 0.6 is 23.2 Å². The van der Waals surface area contributed by atoms with Gasteiger partial charge in [0.05, 0.1) is 10.6 Å². The number of hydrogen-bond donors (Lipinski definition) is 2. The average Bonchev–Trinajstić information content (AvgIpc) is 2.58. The lowest BCUT2D eigenvalue weighted by Crippen LogP contribution is -2.45. The third-order valence-corrected chi connectivity index (χ3v) is 3.78. The Bertz CT molecular complexity index is 413. The Hall–Kier alpha value is -0.710. The highest BCUT2D eigenvalue weighted by Crippen LogP contribution is 2.25. The van der Waals surface area contributed by atoms with E-state index in [1.54, 1.807) is 11.8 Å². The Morgan fingerprint density at radius 3 is 2.53 bits per heavy atom. The van der Waals surface area contributed by atoms with Crippen molar-refractivity contribution >= 4 is 29.1 Å². The molecule has 0 aliphatic carbocycles. The van der Waals surface area contributed by atoms with Gasteiger partial charge >= 0.3 is 0 Å². The van der Waals surface area contributed by atoms with Crippen LogP contribution in [0, 0.1) is 0 Å². The highest BCUT2D eigenvalue weighted by molar-refractivity contribution is 6.41. The quantitative estimate of drug-likeness (QED) is 0.827. The number of halogens is 2. The molecule has 1 aromatic rings. The first kappa shape index (κ1) is 12.7. The molecule has 1 aliphatic heterocycles. The number of nitrogens with zero attached hydrogens (tertiary/aromatic N) is 1. The summed E-state index contributed by atoms with van der Waals surface area (Å²) in [7, 11) is 0. The third-order valence-electron chi connectivity index (χ3n) is 3.08. The number of amides is 1. The van der Waals surface area contributed by atoms with E-state index in [2.05, 4.69) is 4.98 Å². The largest absolute Gasteiger partial charge is 0.390 e.